The topological polar surface area (TPSA) is 77.2 Å². The number of hydrogen-bond donors (Lipinski definition) is 1. The van der Waals surface area contributed by atoms with Gasteiger partial charge in [-0.15, -0.1) is 0 Å². The molecule has 2 N–H and O–H groups in total. The van der Waals surface area contributed by atoms with Crippen LogP contribution in [0.25, 0.3) is 0 Å². The van der Waals surface area contributed by atoms with Gasteiger partial charge >= 0.3 is 0 Å². The van der Waals surface area contributed by atoms with Crippen molar-refractivity contribution in [2.45, 2.75) is 34.1 Å². The van der Waals surface area contributed by atoms with Gasteiger partial charge in [0.15, 0.2) is 5.78 Å². The van der Waals surface area contributed by atoms with Crippen molar-refractivity contribution in [1.29, 1.82) is 0 Å². The van der Waals surface area contributed by atoms with Crippen molar-refractivity contribution in [2.75, 3.05) is 0 Å². The van der Waals surface area contributed by atoms with Crippen LogP contribution in [-0.2, 0) is 14.4 Å². The first-order chi connectivity index (χ1) is 8.65. The van der Waals surface area contributed by atoms with E-state index in [0.29, 0.717) is 12.0 Å². The number of fused-ring (bicyclic) bond motifs is 3. The monoisotopic (exact) mass is 261 g/mol. The van der Waals surface area contributed by atoms with E-state index in [2.05, 4.69) is 0 Å². The molecular weight excluding hydrogens is 242 g/mol. The van der Waals surface area contributed by atoms with Crippen LogP contribution in [0.2, 0.25) is 0 Å². The highest BCUT2D eigenvalue weighted by molar-refractivity contribution is 6.47. The zero-order valence-electron chi connectivity index (χ0n) is 11.7. The van der Waals surface area contributed by atoms with E-state index in [0.717, 1.165) is 0 Å². The van der Waals surface area contributed by atoms with Crippen molar-refractivity contribution in [3.8, 4) is 0 Å². The van der Waals surface area contributed by atoms with Gasteiger partial charge in [0.2, 0.25) is 11.6 Å². The van der Waals surface area contributed by atoms with Gasteiger partial charge in [0, 0.05) is 23.3 Å². The van der Waals surface area contributed by atoms with Crippen LogP contribution in [0.5, 0.6) is 0 Å². The molecule has 0 aromatic rings. The Kier molecular flexibility index (Phi) is 2.10. The molecule has 3 aliphatic rings. The minimum Gasteiger partial charge on any atom is -0.395 e. The van der Waals surface area contributed by atoms with E-state index < -0.39 is 11.2 Å². The third-order valence-electron chi connectivity index (χ3n) is 5.83. The molecule has 0 heterocycles. The van der Waals surface area contributed by atoms with Crippen LogP contribution >= 0.6 is 0 Å². The van der Waals surface area contributed by atoms with Gasteiger partial charge in [0.1, 0.15) is 0 Å². The quantitative estimate of drug-likeness (QED) is 0.665. The number of Topliss-reactive ketones (excluding diaryl/α,β-unsaturated/α-hetero) is 3. The largest absolute Gasteiger partial charge is 0.395 e. The summed E-state index contributed by atoms with van der Waals surface area (Å²) in [5, 5.41) is 0. The summed E-state index contributed by atoms with van der Waals surface area (Å²) in [5.74, 6) is -1.09. The minimum absolute atomic E-state index is 0.0279. The van der Waals surface area contributed by atoms with Crippen LogP contribution < -0.4 is 5.73 Å². The molecule has 2 saturated carbocycles. The molecule has 4 nitrogen and oxygen atoms in total. The zero-order valence-corrected chi connectivity index (χ0v) is 11.7. The van der Waals surface area contributed by atoms with Crippen molar-refractivity contribution in [3.63, 3.8) is 0 Å². The Morgan fingerprint density at radius 3 is 2.32 bits per heavy atom. The molecule has 0 bridgehead atoms. The molecule has 0 amide bonds. The summed E-state index contributed by atoms with van der Waals surface area (Å²) >= 11 is 0. The van der Waals surface area contributed by atoms with Crippen LogP contribution in [-0.4, -0.2) is 17.3 Å². The van der Waals surface area contributed by atoms with Crippen LogP contribution in [0.1, 0.15) is 34.1 Å². The van der Waals surface area contributed by atoms with Gasteiger partial charge in [-0.1, -0.05) is 27.7 Å². The standard InChI is InChI=1S/C15H19NO3/c1-6-5-7(17)10(16)8-11(18)12(19)9-13(14(9,2)3)15(6,8)4/h6,9,13H,5,16H2,1-4H3/t6-,9-,13+,15+/m1/s1. The SMILES string of the molecule is C[C@@H]1CC(=O)C(N)=C2C(=O)C(=O)[C@@H]3[C@@H](C3(C)C)[C@]21C. The normalized spacial score (nSPS) is 44.0. The van der Waals surface area contributed by atoms with Gasteiger partial charge in [-0.2, -0.15) is 0 Å². The van der Waals surface area contributed by atoms with E-state index in [1.54, 1.807) is 0 Å². The molecule has 102 valence electrons. The number of hydrogen-bond acceptors (Lipinski definition) is 4. The third kappa shape index (κ3) is 1.18. The maximum atomic E-state index is 12.4. The molecule has 0 saturated heterocycles. The Bertz CT molecular complexity index is 572. The summed E-state index contributed by atoms with van der Waals surface area (Å²) < 4.78 is 0. The Morgan fingerprint density at radius 1 is 1.16 bits per heavy atom. The molecule has 0 radical (unpaired) electrons. The first-order valence-corrected chi connectivity index (χ1v) is 6.77. The van der Waals surface area contributed by atoms with Crippen molar-refractivity contribution in [3.05, 3.63) is 11.3 Å². The molecule has 4 heteroatoms. The fraction of sp³-hybridized carbons (Fsp3) is 0.667. The van der Waals surface area contributed by atoms with E-state index in [-0.39, 0.29) is 40.4 Å². The van der Waals surface area contributed by atoms with E-state index in [4.69, 9.17) is 5.73 Å². The second-order valence-corrected chi connectivity index (χ2v) is 7.07. The smallest absolute Gasteiger partial charge is 0.227 e. The number of carbonyl (C=O) groups excluding carboxylic acids is 3. The summed E-state index contributed by atoms with van der Waals surface area (Å²) in [7, 11) is 0. The highest BCUT2D eigenvalue weighted by Crippen LogP contribution is 2.73. The first kappa shape index (κ1) is 12.6. The van der Waals surface area contributed by atoms with E-state index >= 15 is 0 Å². The summed E-state index contributed by atoms with van der Waals surface area (Å²) in [4.78, 5) is 36.4. The van der Waals surface area contributed by atoms with Crippen LogP contribution in [0, 0.1) is 28.6 Å². The van der Waals surface area contributed by atoms with Gasteiger partial charge < -0.3 is 5.73 Å². The predicted molar refractivity (Wildman–Crippen MR) is 68.9 cm³/mol. The van der Waals surface area contributed by atoms with E-state index in [1.165, 1.54) is 0 Å². The third-order valence-corrected chi connectivity index (χ3v) is 5.83. The lowest BCUT2D eigenvalue weighted by atomic mass is 9.58. The molecule has 19 heavy (non-hydrogen) atoms. The lowest BCUT2D eigenvalue weighted by molar-refractivity contribution is -0.139. The zero-order chi connectivity index (χ0) is 14.3. The average molecular weight is 261 g/mol. The number of ketones is 3. The van der Waals surface area contributed by atoms with Crippen molar-refractivity contribution < 1.29 is 14.4 Å². The molecule has 3 aliphatic carbocycles. The lowest BCUT2D eigenvalue weighted by Crippen LogP contribution is -2.48. The predicted octanol–water partition coefficient (Wildman–Crippen LogP) is 1.24. The van der Waals surface area contributed by atoms with Crippen LogP contribution in [0.3, 0.4) is 0 Å². The van der Waals surface area contributed by atoms with Crippen molar-refractivity contribution >= 4 is 17.3 Å². The highest BCUT2D eigenvalue weighted by atomic mass is 16.2. The average Bonchev–Trinajstić information content (AvgIpc) is 2.88. The lowest BCUT2D eigenvalue weighted by Gasteiger charge is -2.44. The van der Waals surface area contributed by atoms with Gasteiger partial charge in [-0.3, -0.25) is 14.4 Å². The van der Waals surface area contributed by atoms with E-state index in [1.807, 2.05) is 27.7 Å². The molecule has 2 fully saturated rings. The Hall–Kier alpha value is -1.45. The van der Waals surface area contributed by atoms with Crippen LogP contribution in [0.15, 0.2) is 11.3 Å². The first-order valence-electron chi connectivity index (χ1n) is 6.77. The Morgan fingerprint density at radius 2 is 1.74 bits per heavy atom. The number of rotatable bonds is 0. The molecular formula is C15H19NO3. The fourth-order valence-electron chi connectivity index (χ4n) is 4.62. The molecule has 0 aromatic carbocycles. The van der Waals surface area contributed by atoms with Gasteiger partial charge in [-0.05, 0) is 17.3 Å². The van der Waals surface area contributed by atoms with Gasteiger partial charge in [0.05, 0.1) is 5.70 Å². The van der Waals surface area contributed by atoms with Gasteiger partial charge in [-0.25, -0.2) is 0 Å². The minimum atomic E-state index is -0.522. The molecule has 0 unspecified atom stereocenters. The molecule has 0 aromatic heterocycles. The second kappa shape index (κ2) is 3.17. The van der Waals surface area contributed by atoms with Crippen molar-refractivity contribution in [1.82, 2.24) is 0 Å². The van der Waals surface area contributed by atoms with Gasteiger partial charge in [0.25, 0.3) is 0 Å². The fourth-order valence-corrected chi connectivity index (χ4v) is 4.62. The molecule has 0 aliphatic heterocycles. The molecule has 3 rings (SSSR count). The maximum absolute atomic E-state index is 12.4. The Balaban J connectivity index is 2.27. The van der Waals surface area contributed by atoms with Crippen LogP contribution in [0.4, 0.5) is 0 Å². The Labute approximate surface area is 112 Å². The number of nitrogens with two attached hydrogens (primary N) is 1. The summed E-state index contributed by atoms with van der Waals surface area (Å²) in [5.41, 5.74) is 5.58. The molecule has 4 atom stereocenters. The maximum Gasteiger partial charge on any atom is 0.227 e. The second-order valence-electron chi connectivity index (χ2n) is 7.07. The summed E-state index contributed by atoms with van der Waals surface area (Å²) in [6, 6.07) is 0. The number of carbonyl (C=O) groups is 3. The summed E-state index contributed by atoms with van der Waals surface area (Å²) in [6.45, 7) is 8.05. The number of allylic oxidation sites excluding steroid dienone is 2. The van der Waals surface area contributed by atoms with Crippen molar-refractivity contribution in [2.24, 2.45) is 34.3 Å². The van der Waals surface area contributed by atoms with E-state index in [9.17, 15) is 14.4 Å². The highest BCUT2D eigenvalue weighted by Gasteiger charge is 2.75. The summed E-state index contributed by atoms with van der Waals surface area (Å²) in [6.07, 6.45) is 0.368. The molecule has 0 spiro atoms.